The minimum atomic E-state index is -0.630. The van der Waals surface area contributed by atoms with Crippen LogP contribution in [0.5, 0.6) is 0 Å². The molecular formula is C30H32N6O2. The summed E-state index contributed by atoms with van der Waals surface area (Å²) in [4.78, 5) is 30.8. The van der Waals surface area contributed by atoms with Crippen molar-refractivity contribution >= 4 is 28.9 Å². The predicted molar refractivity (Wildman–Crippen MR) is 149 cm³/mol. The lowest BCUT2D eigenvalue weighted by molar-refractivity contribution is -0.118. The predicted octanol–water partition coefficient (Wildman–Crippen LogP) is 5.54. The first-order chi connectivity index (χ1) is 18.5. The van der Waals surface area contributed by atoms with Gasteiger partial charge in [-0.3, -0.25) is 19.3 Å². The first-order valence-corrected chi connectivity index (χ1v) is 13.0. The zero-order valence-corrected chi connectivity index (χ0v) is 21.4. The number of pyridine rings is 1. The first kappa shape index (κ1) is 25.2. The van der Waals surface area contributed by atoms with E-state index in [-0.39, 0.29) is 11.8 Å². The summed E-state index contributed by atoms with van der Waals surface area (Å²) in [5.74, 6) is -0.0807. The average molecular weight is 509 g/mol. The van der Waals surface area contributed by atoms with E-state index in [1.807, 2.05) is 54.7 Å². The molecule has 1 aliphatic rings. The fraction of sp³-hybridized carbons (Fsp3) is 0.267. The number of carbonyl (C=O) groups is 2. The Morgan fingerprint density at radius 1 is 0.921 bits per heavy atom. The lowest BCUT2D eigenvalue weighted by Gasteiger charge is -2.21. The molecule has 1 saturated carbocycles. The van der Waals surface area contributed by atoms with Gasteiger partial charge in [0, 0.05) is 36.3 Å². The number of aromatic nitrogens is 3. The van der Waals surface area contributed by atoms with E-state index in [9.17, 15) is 9.59 Å². The van der Waals surface area contributed by atoms with Crippen LogP contribution in [0.15, 0.2) is 85.5 Å². The van der Waals surface area contributed by atoms with Crippen molar-refractivity contribution in [3.8, 4) is 11.1 Å². The number of nitrogens with one attached hydrogen (secondary N) is 3. The van der Waals surface area contributed by atoms with Crippen LogP contribution in [0.25, 0.3) is 11.1 Å². The molecule has 2 heterocycles. The Kier molecular flexibility index (Phi) is 7.78. The van der Waals surface area contributed by atoms with Crippen molar-refractivity contribution in [2.75, 3.05) is 10.6 Å². The van der Waals surface area contributed by atoms with E-state index < -0.39 is 6.04 Å². The van der Waals surface area contributed by atoms with Gasteiger partial charge in [0.15, 0.2) is 0 Å². The average Bonchev–Trinajstić information content (AvgIpc) is 3.60. The number of hydrogen-bond donors (Lipinski definition) is 3. The van der Waals surface area contributed by atoms with Gasteiger partial charge in [-0.2, -0.15) is 5.10 Å². The van der Waals surface area contributed by atoms with Crippen LogP contribution in [0.4, 0.5) is 17.1 Å². The zero-order chi connectivity index (χ0) is 26.3. The maximum atomic E-state index is 13.3. The number of nitrogens with zero attached hydrogens (tertiary/aromatic N) is 3. The lowest BCUT2D eigenvalue weighted by atomic mass is 9.97. The van der Waals surface area contributed by atoms with Crippen LogP contribution >= 0.6 is 0 Å². The van der Waals surface area contributed by atoms with Crippen LogP contribution in [0, 0.1) is 5.92 Å². The van der Waals surface area contributed by atoms with Crippen molar-refractivity contribution in [2.45, 2.75) is 38.1 Å². The summed E-state index contributed by atoms with van der Waals surface area (Å²) in [6.45, 7) is 0. The van der Waals surface area contributed by atoms with Crippen LogP contribution < -0.4 is 16.0 Å². The van der Waals surface area contributed by atoms with Crippen LogP contribution in [0.2, 0.25) is 0 Å². The monoisotopic (exact) mass is 508 g/mol. The Balaban J connectivity index is 1.29. The Morgan fingerprint density at radius 2 is 1.74 bits per heavy atom. The normalized spacial score (nSPS) is 14.1. The smallest absolute Gasteiger partial charge is 0.252 e. The van der Waals surface area contributed by atoms with Gasteiger partial charge in [-0.1, -0.05) is 62.1 Å². The molecule has 0 bridgehead atoms. The Hall–Kier alpha value is -4.46. The van der Waals surface area contributed by atoms with E-state index in [0.29, 0.717) is 23.6 Å². The third kappa shape index (κ3) is 6.45. The van der Waals surface area contributed by atoms with Gasteiger partial charge in [0.25, 0.3) is 5.91 Å². The second-order valence-electron chi connectivity index (χ2n) is 9.84. The van der Waals surface area contributed by atoms with Gasteiger partial charge in [0.2, 0.25) is 5.91 Å². The van der Waals surface area contributed by atoms with Crippen molar-refractivity contribution in [3.05, 3.63) is 91.0 Å². The molecule has 0 spiro atoms. The summed E-state index contributed by atoms with van der Waals surface area (Å²) in [5.41, 5.74) is 4.75. The molecule has 1 aliphatic carbocycles. The van der Waals surface area contributed by atoms with E-state index in [1.165, 1.54) is 12.8 Å². The number of benzene rings is 2. The molecule has 38 heavy (non-hydrogen) atoms. The number of carbonyl (C=O) groups excluding carboxylic acids is 2. The van der Waals surface area contributed by atoms with Gasteiger partial charge in [0.1, 0.15) is 6.04 Å². The van der Waals surface area contributed by atoms with E-state index in [2.05, 4.69) is 26.0 Å². The second-order valence-corrected chi connectivity index (χ2v) is 9.84. The molecule has 0 radical (unpaired) electrons. The molecule has 0 aliphatic heterocycles. The van der Waals surface area contributed by atoms with Crippen LogP contribution in [0.1, 0.15) is 42.5 Å². The van der Waals surface area contributed by atoms with E-state index >= 15 is 0 Å². The van der Waals surface area contributed by atoms with Gasteiger partial charge in [-0.25, -0.2) is 0 Å². The number of anilines is 3. The summed E-state index contributed by atoms with van der Waals surface area (Å²) in [5, 5.41) is 13.3. The standard InChI is InChI=1S/C30H32N6O2/c1-36-20-27(19-32-36)34-30(38)28(14-21-8-5-6-9-21)35-29(37)23-12-7-13-25(15-23)33-26-16-24(17-31-18-26)22-10-3-2-4-11-22/h2-4,7,10-13,15-21,28,33H,5-6,8-9,14H2,1H3,(H,34,38)(H,35,37)/t28-/m0/s1. The maximum Gasteiger partial charge on any atom is 0.252 e. The third-order valence-electron chi connectivity index (χ3n) is 6.90. The molecule has 2 aromatic heterocycles. The van der Waals surface area contributed by atoms with Crippen LogP contribution in [-0.2, 0) is 11.8 Å². The van der Waals surface area contributed by atoms with E-state index in [0.717, 1.165) is 35.3 Å². The highest BCUT2D eigenvalue weighted by Gasteiger charge is 2.27. The fourth-order valence-electron chi connectivity index (χ4n) is 4.97. The zero-order valence-electron chi connectivity index (χ0n) is 21.4. The second kappa shape index (κ2) is 11.7. The highest BCUT2D eigenvalue weighted by atomic mass is 16.2. The largest absolute Gasteiger partial charge is 0.354 e. The molecule has 8 nitrogen and oxygen atoms in total. The topological polar surface area (TPSA) is 101 Å². The van der Waals surface area contributed by atoms with E-state index in [4.69, 9.17) is 0 Å². The molecule has 1 fully saturated rings. The Morgan fingerprint density at radius 3 is 2.50 bits per heavy atom. The first-order valence-electron chi connectivity index (χ1n) is 13.0. The molecule has 2 aromatic carbocycles. The summed E-state index contributed by atoms with van der Waals surface area (Å²) in [6.07, 6.45) is 12.0. The molecule has 3 N–H and O–H groups in total. The highest BCUT2D eigenvalue weighted by Crippen LogP contribution is 2.29. The SMILES string of the molecule is Cn1cc(NC(=O)[C@H](CC2CCCC2)NC(=O)c2cccc(Nc3cncc(-c4ccccc4)c3)c2)cn1. The van der Waals surface area contributed by atoms with Gasteiger partial charge < -0.3 is 16.0 Å². The summed E-state index contributed by atoms with van der Waals surface area (Å²) in [6, 6.07) is 18.7. The van der Waals surface area contributed by atoms with Gasteiger partial charge in [0.05, 0.1) is 23.8 Å². The summed E-state index contributed by atoms with van der Waals surface area (Å²) < 4.78 is 1.63. The van der Waals surface area contributed by atoms with Gasteiger partial charge >= 0.3 is 0 Å². The Labute approximate surface area is 222 Å². The van der Waals surface area contributed by atoms with Crippen LogP contribution in [0.3, 0.4) is 0 Å². The van der Waals surface area contributed by atoms with E-state index in [1.54, 1.807) is 42.5 Å². The quantitative estimate of drug-likeness (QED) is 0.275. The maximum absolute atomic E-state index is 13.3. The number of rotatable bonds is 9. The number of amides is 2. The molecule has 5 rings (SSSR count). The molecule has 194 valence electrons. The fourth-order valence-corrected chi connectivity index (χ4v) is 4.97. The Bertz CT molecular complexity index is 1390. The molecule has 4 aromatic rings. The highest BCUT2D eigenvalue weighted by molar-refractivity contribution is 6.01. The minimum absolute atomic E-state index is 0.226. The lowest BCUT2D eigenvalue weighted by Crippen LogP contribution is -2.44. The molecule has 2 amide bonds. The van der Waals surface area contributed by atoms with Crippen molar-refractivity contribution in [1.82, 2.24) is 20.1 Å². The van der Waals surface area contributed by atoms with Crippen molar-refractivity contribution in [2.24, 2.45) is 13.0 Å². The summed E-state index contributed by atoms with van der Waals surface area (Å²) >= 11 is 0. The van der Waals surface area contributed by atoms with Crippen molar-refractivity contribution in [3.63, 3.8) is 0 Å². The minimum Gasteiger partial charge on any atom is -0.354 e. The number of hydrogen-bond acceptors (Lipinski definition) is 5. The molecular weight excluding hydrogens is 476 g/mol. The van der Waals surface area contributed by atoms with Crippen molar-refractivity contribution in [1.29, 1.82) is 0 Å². The summed E-state index contributed by atoms with van der Waals surface area (Å²) in [7, 11) is 1.79. The molecule has 0 saturated heterocycles. The molecule has 0 unspecified atom stereocenters. The third-order valence-corrected chi connectivity index (χ3v) is 6.90. The van der Waals surface area contributed by atoms with Crippen molar-refractivity contribution < 1.29 is 9.59 Å². The molecule has 1 atom stereocenters. The van der Waals surface area contributed by atoms with Gasteiger partial charge in [-0.15, -0.1) is 0 Å². The van der Waals surface area contributed by atoms with Gasteiger partial charge in [-0.05, 0) is 42.2 Å². The number of aryl methyl sites for hydroxylation is 1. The molecule has 8 heteroatoms. The van der Waals surface area contributed by atoms with Crippen LogP contribution in [-0.4, -0.2) is 32.6 Å².